The molecule has 1 atom stereocenters. The van der Waals surface area contributed by atoms with E-state index in [0.29, 0.717) is 30.4 Å². The number of hydrogen-bond donors (Lipinski definition) is 5. The molecule has 8 N–H and O–H groups in total. The minimum atomic E-state index is -0.660. The fourth-order valence-corrected chi connectivity index (χ4v) is 2.85. The molecule has 0 spiro atoms. The molecule has 3 aromatic rings. The van der Waals surface area contributed by atoms with Gasteiger partial charge in [-0.15, -0.1) is 0 Å². The first kappa shape index (κ1) is 21.0. The highest BCUT2D eigenvalue weighted by Gasteiger charge is 2.13. The third kappa shape index (κ3) is 4.99. The Bertz CT molecular complexity index is 1090. The molecular weight excluding hydrogens is 386 g/mol. The lowest BCUT2D eigenvalue weighted by Gasteiger charge is -2.14. The number of fused-ring (bicyclic) bond motifs is 1. The number of nitrogens with one attached hydrogen (secondary N) is 2. The van der Waals surface area contributed by atoms with Gasteiger partial charge in [0.1, 0.15) is 11.4 Å². The number of carbonyl (C=O) groups excluding carboxylic acids is 2. The van der Waals surface area contributed by atoms with Crippen molar-refractivity contribution in [1.82, 2.24) is 9.97 Å². The van der Waals surface area contributed by atoms with E-state index in [1.54, 1.807) is 31.4 Å². The Morgan fingerprint density at radius 3 is 2.53 bits per heavy atom. The average molecular weight is 409 g/mol. The zero-order chi connectivity index (χ0) is 21.7. The molecule has 0 fully saturated rings. The molecule has 30 heavy (non-hydrogen) atoms. The normalized spacial score (nSPS) is 11.8. The minimum absolute atomic E-state index is 0.144. The molecule has 2 amide bonds. The number of benzene rings is 2. The van der Waals surface area contributed by atoms with Crippen LogP contribution in [0.3, 0.4) is 0 Å². The third-order valence-electron chi connectivity index (χ3n) is 4.34. The molecule has 156 valence electrons. The van der Waals surface area contributed by atoms with Gasteiger partial charge in [0.25, 0.3) is 5.91 Å². The van der Waals surface area contributed by atoms with Gasteiger partial charge in [0, 0.05) is 37.1 Å². The largest absolute Gasteiger partial charge is 0.383 e. The van der Waals surface area contributed by atoms with Crippen LogP contribution in [-0.4, -0.2) is 48.1 Å². The maximum atomic E-state index is 11.8. The van der Waals surface area contributed by atoms with Gasteiger partial charge in [-0.1, -0.05) is 12.1 Å². The van der Waals surface area contributed by atoms with Gasteiger partial charge >= 0.3 is 0 Å². The second kappa shape index (κ2) is 9.16. The zero-order valence-electron chi connectivity index (χ0n) is 16.4. The van der Waals surface area contributed by atoms with Crippen molar-refractivity contribution in [3.8, 4) is 0 Å². The number of ether oxygens (including phenoxy) is 1. The Labute approximate surface area is 172 Å². The van der Waals surface area contributed by atoms with Crippen molar-refractivity contribution < 1.29 is 14.3 Å². The summed E-state index contributed by atoms with van der Waals surface area (Å²) in [6.07, 6.45) is 1.35. The lowest BCUT2D eigenvalue weighted by Crippen LogP contribution is -2.33. The van der Waals surface area contributed by atoms with Crippen LogP contribution >= 0.6 is 0 Å². The molecule has 2 aromatic carbocycles. The fraction of sp³-hybridized carbons (Fsp3) is 0.200. The predicted molar refractivity (Wildman–Crippen MR) is 115 cm³/mol. The van der Waals surface area contributed by atoms with Crippen LogP contribution in [0, 0.1) is 0 Å². The summed E-state index contributed by atoms with van der Waals surface area (Å²) in [5.74, 6) is -0.599. The lowest BCUT2D eigenvalue weighted by molar-refractivity contribution is 0.0992. The number of rotatable bonds is 9. The highest BCUT2D eigenvalue weighted by atomic mass is 16.5. The molecule has 3 rings (SSSR count). The fourth-order valence-electron chi connectivity index (χ4n) is 2.85. The average Bonchev–Trinajstić information content (AvgIpc) is 2.72. The molecule has 0 aliphatic heterocycles. The first-order chi connectivity index (χ1) is 14.4. The molecule has 0 saturated carbocycles. The molecule has 0 radical (unpaired) electrons. The smallest absolute Gasteiger partial charge is 0.254 e. The van der Waals surface area contributed by atoms with Gasteiger partial charge in [-0.25, -0.2) is 4.98 Å². The van der Waals surface area contributed by atoms with Gasteiger partial charge in [0.2, 0.25) is 11.9 Å². The number of nitrogens with two attached hydrogens (primary N) is 3. The van der Waals surface area contributed by atoms with Gasteiger partial charge < -0.3 is 32.6 Å². The van der Waals surface area contributed by atoms with Gasteiger partial charge in [-0.05, 0) is 35.0 Å². The van der Waals surface area contributed by atoms with Crippen LogP contribution in [0.5, 0.6) is 0 Å². The summed E-state index contributed by atoms with van der Waals surface area (Å²) >= 11 is 0. The van der Waals surface area contributed by atoms with Crippen molar-refractivity contribution in [3.05, 3.63) is 53.7 Å². The van der Waals surface area contributed by atoms with Crippen LogP contribution in [0.1, 0.15) is 20.7 Å². The van der Waals surface area contributed by atoms with E-state index in [4.69, 9.17) is 21.9 Å². The molecule has 10 heteroatoms. The first-order valence-corrected chi connectivity index (χ1v) is 9.13. The monoisotopic (exact) mass is 409 g/mol. The first-order valence-electron chi connectivity index (χ1n) is 9.13. The van der Waals surface area contributed by atoms with Crippen molar-refractivity contribution >= 4 is 40.0 Å². The Morgan fingerprint density at radius 2 is 1.83 bits per heavy atom. The van der Waals surface area contributed by atoms with Gasteiger partial charge in [-0.2, -0.15) is 4.98 Å². The summed E-state index contributed by atoms with van der Waals surface area (Å²) in [5, 5.41) is 7.83. The quantitative estimate of drug-likeness (QED) is 0.348. The van der Waals surface area contributed by atoms with Crippen LogP contribution in [0.2, 0.25) is 0 Å². The maximum Gasteiger partial charge on any atom is 0.254 e. The number of anilines is 3. The van der Waals surface area contributed by atoms with Crippen LogP contribution in [0.25, 0.3) is 10.8 Å². The van der Waals surface area contributed by atoms with Gasteiger partial charge in [0.05, 0.1) is 6.61 Å². The van der Waals surface area contributed by atoms with Crippen molar-refractivity contribution in [1.29, 1.82) is 0 Å². The Kier molecular flexibility index (Phi) is 6.40. The van der Waals surface area contributed by atoms with E-state index < -0.39 is 11.8 Å². The SMILES string of the molecule is COCC(N)CNc1ncc(C(N)=O)c(Nc2ccc3cc(C(N)=O)ccc3c2)n1. The Hall–Kier alpha value is -3.76. The number of aromatic nitrogens is 2. The van der Waals surface area contributed by atoms with Crippen LogP contribution < -0.4 is 27.8 Å². The predicted octanol–water partition coefficient (Wildman–Crippen LogP) is 0.957. The summed E-state index contributed by atoms with van der Waals surface area (Å²) in [4.78, 5) is 31.6. The van der Waals surface area contributed by atoms with Crippen molar-refractivity contribution in [2.75, 3.05) is 30.9 Å². The summed E-state index contributed by atoms with van der Waals surface area (Å²) in [6.45, 7) is 0.771. The van der Waals surface area contributed by atoms with Crippen LogP contribution in [0.4, 0.5) is 17.5 Å². The summed E-state index contributed by atoms with van der Waals surface area (Å²) in [5.41, 5.74) is 17.9. The third-order valence-corrected chi connectivity index (χ3v) is 4.34. The number of carbonyl (C=O) groups is 2. The highest BCUT2D eigenvalue weighted by Crippen LogP contribution is 2.24. The Morgan fingerprint density at radius 1 is 1.10 bits per heavy atom. The van der Waals surface area contributed by atoms with E-state index in [1.165, 1.54) is 6.20 Å². The zero-order valence-corrected chi connectivity index (χ0v) is 16.4. The van der Waals surface area contributed by atoms with E-state index >= 15 is 0 Å². The van der Waals surface area contributed by atoms with Gasteiger partial charge in [-0.3, -0.25) is 9.59 Å². The highest BCUT2D eigenvalue weighted by molar-refractivity contribution is 6.00. The molecule has 1 unspecified atom stereocenters. The van der Waals surface area contributed by atoms with Crippen LogP contribution in [-0.2, 0) is 4.74 Å². The maximum absolute atomic E-state index is 11.8. The Balaban J connectivity index is 1.86. The molecule has 0 saturated heterocycles. The van der Waals surface area contributed by atoms with E-state index in [1.807, 2.05) is 12.1 Å². The van der Waals surface area contributed by atoms with Gasteiger partial charge in [0.15, 0.2) is 0 Å². The number of hydrogen-bond acceptors (Lipinski definition) is 8. The van der Waals surface area contributed by atoms with E-state index in [2.05, 4.69) is 20.6 Å². The van der Waals surface area contributed by atoms with E-state index in [9.17, 15) is 9.59 Å². The molecule has 1 aromatic heterocycles. The van der Waals surface area contributed by atoms with Crippen molar-refractivity contribution in [2.45, 2.75) is 6.04 Å². The summed E-state index contributed by atoms with van der Waals surface area (Å²) < 4.78 is 5.00. The number of primary amides is 2. The molecule has 0 aliphatic rings. The van der Waals surface area contributed by atoms with Crippen molar-refractivity contribution in [2.24, 2.45) is 17.2 Å². The molecule has 1 heterocycles. The second-order valence-electron chi connectivity index (χ2n) is 6.68. The van der Waals surface area contributed by atoms with Crippen molar-refractivity contribution in [3.63, 3.8) is 0 Å². The number of amides is 2. The van der Waals surface area contributed by atoms with Crippen LogP contribution in [0.15, 0.2) is 42.6 Å². The standard InChI is InChI=1S/C20H23N7O3/c1-30-10-14(21)8-24-20-25-9-16(18(23)29)19(27-20)26-15-5-4-11-6-13(17(22)28)3-2-12(11)7-15/h2-7,9,14H,8,10,21H2,1H3,(H2,22,28)(H2,23,29)(H2,24,25,26,27). The second-order valence-corrected chi connectivity index (χ2v) is 6.68. The molecular formula is C20H23N7O3. The summed E-state index contributed by atoms with van der Waals surface area (Å²) in [7, 11) is 1.57. The van der Waals surface area contributed by atoms with E-state index in [0.717, 1.165) is 10.8 Å². The number of methoxy groups -OCH3 is 1. The lowest BCUT2D eigenvalue weighted by atomic mass is 10.1. The molecule has 0 aliphatic carbocycles. The molecule has 0 bridgehead atoms. The molecule has 10 nitrogen and oxygen atoms in total. The number of nitrogens with zero attached hydrogens (tertiary/aromatic N) is 2. The minimum Gasteiger partial charge on any atom is -0.383 e. The summed E-state index contributed by atoms with van der Waals surface area (Å²) in [6, 6.07) is 10.4. The topological polar surface area (TPSA) is 171 Å². The van der Waals surface area contributed by atoms with E-state index in [-0.39, 0.29) is 17.4 Å².